The highest BCUT2D eigenvalue weighted by Crippen LogP contribution is 2.43. The Kier molecular flexibility index (Phi) is 17.7. The maximum absolute atomic E-state index is 13.0. The highest BCUT2D eigenvalue weighted by molar-refractivity contribution is 6.01. The van der Waals surface area contributed by atoms with Gasteiger partial charge in [-0.2, -0.15) is 0 Å². The zero-order chi connectivity index (χ0) is 36.4. The van der Waals surface area contributed by atoms with Crippen molar-refractivity contribution in [2.24, 2.45) is 5.73 Å². The van der Waals surface area contributed by atoms with Crippen LogP contribution in [-0.2, 0) is 17.6 Å². The largest absolute Gasteiger partial charge is 0.496 e. The van der Waals surface area contributed by atoms with Crippen LogP contribution in [0.1, 0.15) is 56.4 Å². The molecular weight excluding hydrogens is 603 g/mol. The molecule has 3 N–H and O–H groups in total. The van der Waals surface area contributed by atoms with E-state index in [-0.39, 0.29) is 17.9 Å². The van der Waals surface area contributed by atoms with Crippen molar-refractivity contribution in [3.05, 3.63) is 113 Å². The van der Waals surface area contributed by atoms with Gasteiger partial charge in [-0.15, -0.1) is 12.8 Å². The van der Waals surface area contributed by atoms with Gasteiger partial charge in [0.05, 0.1) is 19.8 Å². The molecule has 4 aromatic carbocycles. The molecule has 4 aromatic rings. The molecule has 7 heteroatoms. The first kappa shape index (κ1) is 40.8. The summed E-state index contributed by atoms with van der Waals surface area (Å²) >= 11 is 0. The number of hydrogen-bond acceptors (Lipinski definition) is 5. The summed E-state index contributed by atoms with van der Waals surface area (Å²) in [5.74, 6) is 0.401. The van der Waals surface area contributed by atoms with E-state index in [2.05, 4.69) is 75.6 Å². The summed E-state index contributed by atoms with van der Waals surface area (Å²) in [6, 6.07) is 21.1. The number of terminal acetylenes is 1. The maximum atomic E-state index is 13.0. The summed E-state index contributed by atoms with van der Waals surface area (Å²) in [5, 5.41) is 11.2. The van der Waals surface area contributed by atoms with Crippen LogP contribution in [0.25, 0.3) is 27.6 Å². The van der Waals surface area contributed by atoms with Crippen LogP contribution in [0.2, 0.25) is 0 Å². The number of fused-ring (bicyclic) bond motifs is 1. The van der Waals surface area contributed by atoms with Crippen LogP contribution in [0.5, 0.6) is 11.5 Å². The van der Waals surface area contributed by atoms with E-state index in [0.717, 1.165) is 63.1 Å². The van der Waals surface area contributed by atoms with Gasteiger partial charge in [0.1, 0.15) is 17.3 Å². The van der Waals surface area contributed by atoms with Gasteiger partial charge < -0.3 is 25.2 Å². The fourth-order valence-corrected chi connectivity index (χ4v) is 5.29. The zero-order valence-electron chi connectivity index (χ0n) is 29.7. The number of aryl methyl sites for hydroxylation is 2. The Labute approximate surface area is 286 Å². The number of benzene rings is 4. The third-order valence-corrected chi connectivity index (χ3v) is 7.68. The Balaban J connectivity index is 0.000000642. The van der Waals surface area contributed by atoms with Gasteiger partial charge in [0, 0.05) is 43.4 Å². The van der Waals surface area contributed by atoms with Gasteiger partial charge in [-0.25, -0.2) is 4.39 Å². The molecule has 0 aliphatic heterocycles. The molecule has 0 unspecified atom stereocenters. The minimum Gasteiger partial charge on any atom is -0.496 e. The second kappa shape index (κ2) is 20.8. The highest BCUT2D eigenvalue weighted by atomic mass is 19.1. The number of carbonyl (C=O) groups is 1. The number of rotatable bonds is 11. The Morgan fingerprint density at radius 2 is 1.56 bits per heavy atom. The number of halogens is 1. The van der Waals surface area contributed by atoms with Crippen LogP contribution in [0.3, 0.4) is 0 Å². The number of carboxylic acids is 1. The fraction of sp³-hybridized carbons (Fsp3) is 0.293. The number of methoxy groups -OCH3 is 2. The summed E-state index contributed by atoms with van der Waals surface area (Å²) in [6.07, 6.45) is 11.5. The molecule has 0 amide bonds. The molecule has 0 atom stereocenters. The zero-order valence-corrected chi connectivity index (χ0v) is 29.7. The average molecular weight is 655 g/mol. The number of allylic oxidation sites excluding steroid dienone is 2. The molecule has 0 aromatic heterocycles. The van der Waals surface area contributed by atoms with Gasteiger partial charge in [-0.05, 0) is 78.4 Å². The summed E-state index contributed by atoms with van der Waals surface area (Å²) in [7, 11) is 5.45. The summed E-state index contributed by atoms with van der Waals surface area (Å²) < 4.78 is 24.7. The summed E-state index contributed by atoms with van der Waals surface area (Å²) in [6.45, 7) is 14.4. The van der Waals surface area contributed by atoms with Gasteiger partial charge in [-0.1, -0.05) is 75.0 Å². The molecule has 48 heavy (non-hydrogen) atoms. The molecule has 0 heterocycles. The van der Waals surface area contributed by atoms with Gasteiger partial charge in [0.25, 0.3) is 0 Å². The van der Waals surface area contributed by atoms with Crippen molar-refractivity contribution in [1.82, 2.24) is 4.90 Å². The molecule has 4 rings (SSSR count). The lowest BCUT2D eigenvalue weighted by Crippen LogP contribution is -2.18. The number of likely N-dealkylation sites (N-methyl/N-ethyl adjacent to an activating group) is 1. The van der Waals surface area contributed by atoms with E-state index >= 15 is 0 Å². The first-order valence-electron chi connectivity index (χ1n) is 15.9. The van der Waals surface area contributed by atoms with E-state index in [4.69, 9.17) is 20.3 Å². The van der Waals surface area contributed by atoms with E-state index in [1.165, 1.54) is 11.8 Å². The van der Waals surface area contributed by atoms with Gasteiger partial charge in [0.15, 0.2) is 0 Å². The van der Waals surface area contributed by atoms with E-state index in [1.807, 2.05) is 38.1 Å². The first-order chi connectivity index (χ1) is 23.1. The van der Waals surface area contributed by atoms with Gasteiger partial charge in [-0.3, -0.25) is 4.79 Å². The average Bonchev–Trinajstić information content (AvgIpc) is 3.10. The maximum Gasteiger partial charge on any atom is 0.303 e. The fourth-order valence-electron chi connectivity index (χ4n) is 5.29. The number of aliphatic carboxylic acids is 1. The van der Waals surface area contributed by atoms with Crippen molar-refractivity contribution in [2.45, 2.75) is 53.9 Å². The lowest BCUT2D eigenvalue weighted by Gasteiger charge is -2.22. The third kappa shape index (κ3) is 10.7. The van der Waals surface area contributed by atoms with E-state index in [9.17, 15) is 9.18 Å². The SMILES string of the molecule is C#C.C/C=C(/Cc1cc(OC)c(-c2cccc3c(CCC(=O)O)cccc23)c(OC)c1)N(C)CC.C=C(N)c1c(C)cccc1F.CC. The summed E-state index contributed by atoms with van der Waals surface area (Å²) in [4.78, 5) is 13.3. The molecule has 0 bridgehead atoms. The molecular formula is C41H51FN2O4. The molecule has 0 spiro atoms. The second-order valence-corrected chi connectivity index (χ2v) is 10.5. The first-order valence-corrected chi connectivity index (χ1v) is 15.9. The van der Waals surface area contributed by atoms with Crippen LogP contribution in [0.15, 0.2) is 85.1 Å². The number of hydrogen-bond donors (Lipinski definition) is 2. The predicted molar refractivity (Wildman–Crippen MR) is 200 cm³/mol. The van der Waals surface area contributed by atoms with Crippen molar-refractivity contribution in [3.8, 4) is 35.5 Å². The van der Waals surface area contributed by atoms with E-state index in [1.54, 1.807) is 33.3 Å². The second-order valence-electron chi connectivity index (χ2n) is 10.5. The lowest BCUT2D eigenvalue weighted by molar-refractivity contribution is -0.136. The standard InChI is InChI=1S/C28H33NO4.C9H10FN.C2H6.C2H2/c1-6-21(29(3)7-2)16-19-17-25(32-4)28(26(18-19)33-5)24-13-9-11-22-20(14-15-27(30)31)10-8-12-23(22)24;1-6-4-3-5-8(10)9(6)7(2)11;2*1-2/h6,8-13,17-18H,7,14-16H2,1-5H3,(H,30,31);3-5H,2,11H2,1H3;1-2H3;1-2H/b21-6-;;;. The molecule has 256 valence electrons. The van der Waals surface area contributed by atoms with Crippen molar-refractivity contribution in [3.63, 3.8) is 0 Å². The van der Waals surface area contributed by atoms with Crippen molar-refractivity contribution < 1.29 is 23.8 Å². The molecule has 0 saturated carbocycles. The Morgan fingerprint density at radius 1 is 1.00 bits per heavy atom. The normalized spacial score (nSPS) is 10.3. The predicted octanol–water partition coefficient (Wildman–Crippen LogP) is 9.28. The van der Waals surface area contributed by atoms with E-state index < -0.39 is 5.97 Å². The smallest absolute Gasteiger partial charge is 0.303 e. The molecule has 0 radical (unpaired) electrons. The Morgan fingerprint density at radius 3 is 2.04 bits per heavy atom. The quantitative estimate of drug-likeness (QED) is 0.157. The van der Waals surface area contributed by atoms with Crippen LogP contribution in [-0.4, -0.2) is 43.8 Å². The third-order valence-electron chi connectivity index (χ3n) is 7.68. The van der Waals surface area contributed by atoms with Gasteiger partial charge in [0.2, 0.25) is 0 Å². The molecule has 0 aliphatic carbocycles. The Hall–Kier alpha value is -5.22. The van der Waals surface area contributed by atoms with Crippen molar-refractivity contribution in [2.75, 3.05) is 27.8 Å². The Bertz CT molecular complexity index is 1660. The van der Waals surface area contributed by atoms with E-state index in [0.29, 0.717) is 12.0 Å². The molecule has 0 aliphatic rings. The van der Waals surface area contributed by atoms with Crippen molar-refractivity contribution >= 4 is 22.4 Å². The minimum atomic E-state index is -0.795. The molecule has 6 nitrogen and oxygen atoms in total. The molecule has 0 saturated heterocycles. The molecule has 0 fully saturated rings. The number of ether oxygens (including phenoxy) is 2. The number of carboxylic acid groups (broad SMARTS) is 1. The lowest BCUT2D eigenvalue weighted by atomic mass is 9.92. The van der Waals surface area contributed by atoms with Crippen molar-refractivity contribution in [1.29, 1.82) is 0 Å². The van der Waals surface area contributed by atoms with Crippen LogP contribution in [0, 0.1) is 25.6 Å². The highest BCUT2D eigenvalue weighted by Gasteiger charge is 2.19. The monoisotopic (exact) mass is 654 g/mol. The topological polar surface area (TPSA) is 85.0 Å². The summed E-state index contributed by atoms with van der Waals surface area (Å²) in [5.41, 5.74) is 12.2. The number of nitrogens with zero attached hydrogens (tertiary/aromatic N) is 1. The van der Waals surface area contributed by atoms with Crippen LogP contribution < -0.4 is 15.2 Å². The number of nitrogens with two attached hydrogens (primary N) is 1. The van der Waals surface area contributed by atoms with Crippen LogP contribution >= 0.6 is 0 Å². The van der Waals surface area contributed by atoms with Gasteiger partial charge >= 0.3 is 5.97 Å². The van der Waals surface area contributed by atoms with Crippen LogP contribution in [0.4, 0.5) is 4.39 Å². The minimum absolute atomic E-state index is 0.101.